The van der Waals surface area contributed by atoms with E-state index >= 15 is 0 Å². The van der Waals surface area contributed by atoms with E-state index in [2.05, 4.69) is 22.1 Å². The minimum atomic E-state index is -4.42. The molecule has 160 valence electrons. The summed E-state index contributed by atoms with van der Waals surface area (Å²) in [7, 11) is 0. The normalized spacial score (nSPS) is 17.8. The molecule has 0 unspecified atom stereocenters. The molecule has 3 heterocycles. The number of unbranched alkanes of at least 4 members (excludes halogenated alkanes) is 2. The molecule has 1 fully saturated rings. The summed E-state index contributed by atoms with van der Waals surface area (Å²) in [6.07, 6.45) is -0.539. The number of nitrogens with zero attached hydrogens (tertiary/aromatic N) is 3. The van der Waals surface area contributed by atoms with Crippen molar-refractivity contribution in [3.05, 3.63) is 42.0 Å². The summed E-state index contributed by atoms with van der Waals surface area (Å²) in [6, 6.07) is 8.55. The average molecular weight is 418 g/mol. The minimum absolute atomic E-state index is 0.0212. The summed E-state index contributed by atoms with van der Waals surface area (Å²) < 4.78 is 39.4. The van der Waals surface area contributed by atoms with E-state index in [4.69, 9.17) is 0 Å². The predicted molar refractivity (Wildman–Crippen MR) is 111 cm³/mol. The second-order valence-corrected chi connectivity index (χ2v) is 7.82. The van der Waals surface area contributed by atoms with E-state index in [1.807, 2.05) is 6.07 Å². The Hall–Kier alpha value is -2.77. The van der Waals surface area contributed by atoms with E-state index in [0.29, 0.717) is 23.6 Å². The summed E-state index contributed by atoms with van der Waals surface area (Å²) in [5.74, 6) is 0.520. The molecule has 1 N–H and O–H groups in total. The van der Waals surface area contributed by atoms with E-state index in [1.54, 1.807) is 17.0 Å². The lowest BCUT2D eigenvalue weighted by atomic mass is 10.1. The van der Waals surface area contributed by atoms with Crippen LogP contribution in [-0.2, 0) is 6.18 Å². The van der Waals surface area contributed by atoms with Crippen molar-refractivity contribution in [1.29, 1.82) is 0 Å². The maximum absolute atomic E-state index is 13.1. The first-order valence-corrected chi connectivity index (χ1v) is 10.4. The molecule has 2 bridgehead atoms. The Kier molecular flexibility index (Phi) is 5.58. The highest BCUT2D eigenvalue weighted by Crippen LogP contribution is 2.40. The molecule has 4 rings (SSSR count). The number of urea groups is 1. The molecule has 2 aromatic rings. The van der Waals surface area contributed by atoms with E-state index in [9.17, 15) is 18.0 Å². The minimum Gasteiger partial charge on any atom is -0.366 e. The van der Waals surface area contributed by atoms with Crippen LogP contribution in [0.15, 0.2) is 36.4 Å². The highest BCUT2D eigenvalue weighted by molar-refractivity contribution is 5.97. The van der Waals surface area contributed by atoms with Crippen LogP contribution in [0.5, 0.6) is 0 Å². The number of anilines is 2. The third-order valence-electron chi connectivity index (χ3n) is 5.71. The molecule has 8 heteroatoms. The van der Waals surface area contributed by atoms with Gasteiger partial charge in [-0.1, -0.05) is 31.9 Å². The Morgan fingerprint density at radius 1 is 1.23 bits per heavy atom. The molecule has 1 aromatic carbocycles. The van der Waals surface area contributed by atoms with Crippen LogP contribution in [0, 0.1) is 0 Å². The summed E-state index contributed by atoms with van der Waals surface area (Å²) >= 11 is 0. The zero-order chi connectivity index (χ0) is 21.3. The summed E-state index contributed by atoms with van der Waals surface area (Å²) in [6.45, 7) is 4.29. The molecule has 0 saturated carbocycles. The van der Waals surface area contributed by atoms with Gasteiger partial charge in [-0.25, -0.2) is 9.78 Å². The number of hydrogen-bond donors (Lipinski definition) is 1. The fourth-order valence-electron chi connectivity index (χ4n) is 4.14. The second kappa shape index (κ2) is 8.16. The number of carbonyl (C=O) groups excluding carboxylic acids is 1. The van der Waals surface area contributed by atoms with Crippen molar-refractivity contribution in [2.24, 2.45) is 0 Å². The molecular weight excluding hydrogens is 393 g/mol. The van der Waals surface area contributed by atoms with E-state index < -0.39 is 11.7 Å². The number of pyridine rings is 1. The molecular formula is C22H25F3N4O. The van der Waals surface area contributed by atoms with Gasteiger partial charge in [0.15, 0.2) is 5.82 Å². The summed E-state index contributed by atoms with van der Waals surface area (Å²) in [4.78, 5) is 21.5. The molecule has 0 spiro atoms. The van der Waals surface area contributed by atoms with Crippen molar-refractivity contribution in [2.45, 2.75) is 44.8 Å². The molecule has 1 aromatic heterocycles. The number of carbonyl (C=O) groups is 1. The molecule has 0 radical (unpaired) electrons. The number of fused-ring (bicyclic) bond motifs is 4. The molecule has 0 aliphatic carbocycles. The number of alkyl halides is 3. The van der Waals surface area contributed by atoms with Crippen molar-refractivity contribution in [1.82, 2.24) is 10.3 Å². The monoisotopic (exact) mass is 418 g/mol. The third kappa shape index (κ3) is 3.95. The average Bonchev–Trinajstić information content (AvgIpc) is 3.15. The molecule has 1 saturated heterocycles. The second-order valence-electron chi connectivity index (χ2n) is 7.82. The van der Waals surface area contributed by atoms with Crippen molar-refractivity contribution < 1.29 is 18.0 Å². The van der Waals surface area contributed by atoms with Gasteiger partial charge in [-0.05, 0) is 37.1 Å². The van der Waals surface area contributed by atoms with Crippen LogP contribution in [0.1, 0.15) is 38.2 Å². The first-order valence-electron chi connectivity index (χ1n) is 10.4. The number of benzene rings is 1. The number of rotatable bonds is 5. The maximum atomic E-state index is 13.1. The first kappa shape index (κ1) is 20.5. The quantitative estimate of drug-likeness (QED) is 0.690. The number of halogens is 3. The molecule has 30 heavy (non-hydrogen) atoms. The number of amides is 2. The van der Waals surface area contributed by atoms with Crippen LogP contribution in [0.3, 0.4) is 0 Å². The molecule has 2 aliphatic heterocycles. The highest BCUT2D eigenvalue weighted by Gasteiger charge is 2.40. The van der Waals surface area contributed by atoms with Crippen LogP contribution >= 0.6 is 0 Å². The van der Waals surface area contributed by atoms with Crippen molar-refractivity contribution in [2.75, 3.05) is 29.4 Å². The van der Waals surface area contributed by atoms with Crippen LogP contribution < -0.4 is 15.1 Å². The number of hydrogen-bond acceptors (Lipinski definition) is 3. The van der Waals surface area contributed by atoms with Gasteiger partial charge in [0.1, 0.15) is 0 Å². The summed E-state index contributed by atoms with van der Waals surface area (Å²) in [5, 5.41) is 2.98. The Morgan fingerprint density at radius 3 is 2.83 bits per heavy atom. The first-order chi connectivity index (χ1) is 14.4. The Balaban J connectivity index is 1.66. The number of nitrogens with one attached hydrogen (secondary N) is 1. The van der Waals surface area contributed by atoms with E-state index in [-0.39, 0.29) is 12.1 Å². The summed E-state index contributed by atoms with van der Waals surface area (Å²) in [5.41, 5.74) is 0.937. The molecule has 1 atom stereocenters. The van der Waals surface area contributed by atoms with Gasteiger partial charge in [0.25, 0.3) is 0 Å². The van der Waals surface area contributed by atoms with Gasteiger partial charge in [-0.3, -0.25) is 4.90 Å². The molecule has 2 amide bonds. The smallest absolute Gasteiger partial charge is 0.366 e. The van der Waals surface area contributed by atoms with Gasteiger partial charge in [0, 0.05) is 25.2 Å². The van der Waals surface area contributed by atoms with Gasteiger partial charge >= 0.3 is 12.2 Å². The van der Waals surface area contributed by atoms with Gasteiger partial charge in [-0.2, -0.15) is 13.2 Å². The van der Waals surface area contributed by atoms with Crippen molar-refractivity contribution in [3.63, 3.8) is 0 Å². The van der Waals surface area contributed by atoms with Gasteiger partial charge in [-0.15, -0.1) is 0 Å². The topological polar surface area (TPSA) is 48.5 Å². The van der Waals surface area contributed by atoms with Crippen molar-refractivity contribution in [3.8, 4) is 11.3 Å². The van der Waals surface area contributed by atoms with Crippen LogP contribution in [0.2, 0.25) is 0 Å². The van der Waals surface area contributed by atoms with Gasteiger partial charge < -0.3 is 10.2 Å². The van der Waals surface area contributed by atoms with Gasteiger partial charge in [0.2, 0.25) is 0 Å². The lowest BCUT2D eigenvalue weighted by Gasteiger charge is -2.36. The lowest BCUT2D eigenvalue weighted by molar-refractivity contribution is -0.137. The highest BCUT2D eigenvalue weighted by atomic mass is 19.4. The maximum Gasteiger partial charge on any atom is 0.416 e. The Labute approximate surface area is 173 Å². The zero-order valence-electron chi connectivity index (χ0n) is 16.9. The van der Waals surface area contributed by atoms with Gasteiger partial charge in [0.05, 0.1) is 23.0 Å². The molecule has 5 nitrogen and oxygen atoms in total. The fourth-order valence-corrected chi connectivity index (χ4v) is 4.14. The van der Waals surface area contributed by atoms with Crippen molar-refractivity contribution >= 4 is 17.5 Å². The SMILES string of the molecule is CCCCCNC(=O)N1c2nc(-c3cccc(C(F)(F)F)c3)ccc2N2CC[C@@H]1C2. The largest absolute Gasteiger partial charge is 0.416 e. The number of aromatic nitrogens is 1. The van der Waals surface area contributed by atoms with Crippen LogP contribution in [0.25, 0.3) is 11.3 Å². The lowest BCUT2D eigenvalue weighted by Crippen LogP contribution is -2.50. The third-order valence-corrected chi connectivity index (χ3v) is 5.71. The van der Waals surface area contributed by atoms with E-state index in [0.717, 1.165) is 56.6 Å². The van der Waals surface area contributed by atoms with Crippen LogP contribution in [-0.4, -0.2) is 36.7 Å². The predicted octanol–water partition coefficient (Wildman–Crippen LogP) is 5.07. The van der Waals surface area contributed by atoms with E-state index in [1.165, 1.54) is 6.07 Å². The van der Waals surface area contributed by atoms with Crippen LogP contribution in [0.4, 0.5) is 29.5 Å². The standard InChI is InChI=1S/C22H25F3N4O/c1-2-3-4-11-26-21(30)29-17-10-12-28(14-17)19-9-8-18(27-20(19)29)15-6-5-7-16(13-15)22(23,24)25/h5-9,13,17H,2-4,10-12,14H2,1H3,(H,26,30)/t17-/m1/s1. The fraction of sp³-hybridized carbons (Fsp3) is 0.455. The molecule has 2 aliphatic rings. The Bertz CT molecular complexity index is 931. The zero-order valence-corrected chi connectivity index (χ0v) is 16.9. The Morgan fingerprint density at radius 2 is 2.07 bits per heavy atom.